The maximum Gasteiger partial charge on any atom is 0.242 e. The Labute approximate surface area is 223 Å². The molecule has 1 heterocycles. The summed E-state index contributed by atoms with van der Waals surface area (Å²) in [6.45, 7) is 2.41. The van der Waals surface area contributed by atoms with Gasteiger partial charge in [-0.3, -0.25) is 14.4 Å². The Bertz CT molecular complexity index is 1060. The molecule has 0 saturated heterocycles. The van der Waals surface area contributed by atoms with Gasteiger partial charge in [-0.1, -0.05) is 36.4 Å². The van der Waals surface area contributed by atoms with Crippen molar-refractivity contribution in [2.24, 2.45) is 17.2 Å². The number of amides is 3. The Balaban J connectivity index is 1.62. The lowest BCUT2D eigenvalue weighted by atomic mass is 10.0. The van der Waals surface area contributed by atoms with Crippen LogP contribution in [-0.4, -0.2) is 74.1 Å². The second kappa shape index (κ2) is 14.9. The van der Waals surface area contributed by atoms with Crippen LogP contribution in [0.3, 0.4) is 0 Å². The summed E-state index contributed by atoms with van der Waals surface area (Å²) in [5.41, 5.74) is 19.1. The number of hydrogen-bond donors (Lipinski definition) is 5. The van der Waals surface area contributed by atoms with Crippen LogP contribution in [0, 0.1) is 0 Å². The summed E-state index contributed by atoms with van der Waals surface area (Å²) in [4.78, 5) is 40.1. The van der Waals surface area contributed by atoms with Crippen LogP contribution in [0.25, 0.3) is 0 Å². The topological polar surface area (TPSA) is 175 Å². The first-order chi connectivity index (χ1) is 18.4. The molecule has 3 amide bonds. The lowest BCUT2D eigenvalue weighted by Gasteiger charge is -2.24. The molecule has 0 aliphatic carbocycles. The molecule has 0 spiro atoms. The highest BCUT2D eigenvalue weighted by Gasteiger charge is 2.26. The van der Waals surface area contributed by atoms with E-state index in [2.05, 4.69) is 10.6 Å². The third-order valence-electron chi connectivity index (χ3n) is 6.15. The monoisotopic (exact) mass is 526 g/mol. The summed E-state index contributed by atoms with van der Waals surface area (Å²) in [6.07, 6.45) is 0.712. The van der Waals surface area contributed by atoms with Gasteiger partial charge in [0.15, 0.2) is 11.5 Å². The predicted molar refractivity (Wildman–Crippen MR) is 143 cm³/mol. The van der Waals surface area contributed by atoms with Crippen molar-refractivity contribution in [1.29, 1.82) is 0 Å². The van der Waals surface area contributed by atoms with Gasteiger partial charge in [-0.25, -0.2) is 0 Å². The third-order valence-corrected chi connectivity index (χ3v) is 6.15. The summed E-state index contributed by atoms with van der Waals surface area (Å²) in [7, 11) is 0. The zero-order chi connectivity index (χ0) is 27.3. The van der Waals surface area contributed by atoms with E-state index in [1.165, 1.54) is 4.90 Å². The van der Waals surface area contributed by atoms with Crippen LogP contribution in [0.15, 0.2) is 48.5 Å². The van der Waals surface area contributed by atoms with E-state index < -0.39 is 18.0 Å². The molecule has 2 atom stereocenters. The first-order valence-corrected chi connectivity index (χ1v) is 12.8. The Morgan fingerprint density at radius 1 is 0.895 bits per heavy atom. The van der Waals surface area contributed by atoms with E-state index in [1.54, 1.807) is 6.07 Å². The number of nitrogens with two attached hydrogens (primary N) is 3. The molecule has 0 bridgehead atoms. The Kier molecular flexibility index (Phi) is 11.3. The predicted octanol–water partition coefficient (Wildman–Crippen LogP) is -0.345. The lowest BCUT2D eigenvalue weighted by molar-refractivity contribution is -0.135. The van der Waals surface area contributed by atoms with Crippen molar-refractivity contribution >= 4 is 17.7 Å². The minimum absolute atomic E-state index is 0.212. The van der Waals surface area contributed by atoms with Crippen LogP contribution in [0.4, 0.5) is 0 Å². The number of hydrogen-bond acceptors (Lipinski definition) is 8. The molecule has 11 heteroatoms. The smallest absolute Gasteiger partial charge is 0.242 e. The Morgan fingerprint density at radius 2 is 1.58 bits per heavy atom. The molecule has 0 unspecified atom stereocenters. The molecule has 3 rings (SSSR count). The summed E-state index contributed by atoms with van der Waals surface area (Å²) in [6, 6.07) is 13.2. The van der Waals surface area contributed by atoms with Crippen molar-refractivity contribution < 1.29 is 23.9 Å². The Morgan fingerprint density at radius 3 is 2.26 bits per heavy atom. The maximum absolute atomic E-state index is 13.2. The molecule has 2 aromatic rings. The molecular formula is C27H38N6O5. The van der Waals surface area contributed by atoms with Gasteiger partial charge in [-0.15, -0.1) is 0 Å². The van der Waals surface area contributed by atoms with Gasteiger partial charge in [0.1, 0.15) is 19.3 Å². The fourth-order valence-corrected chi connectivity index (χ4v) is 4.10. The summed E-state index contributed by atoms with van der Waals surface area (Å²) >= 11 is 0. The van der Waals surface area contributed by atoms with E-state index in [0.29, 0.717) is 50.6 Å². The second-order valence-corrected chi connectivity index (χ2v) is 9.05. The van der Waals surface area contributed by atoms with Gasteiger partial charge in [0.25, 0.3) is 0 Å². The largest absolute Gasteiger partial charge is 0.486 e. The van der Waals surface area contributed by atoms with Crippen molar-refractivity contribution in [3.05, 3.63) is 59.7 Å². The quantitative estimate of drug-likeness (QED) is 0.222. The van der Waals surface area contributed by atoms with Gasteiger partial charge < -0.3 is 42.2 Å². The summed E-state index contributed by atoms with van der Waals surface area (Å²) in [5, 5.41) is 5.63. The number of nitrogens with one attached hydrogen (secondary N) is 2. The maximum atomic E-state index is 13.2. The second-order valence-electron chi connectivity index (χ2n) is 9.05. The number of rotatable bonds is 14. The van der Waals surface area contributed by atoms with E-state index in [-0.39, 0.29) is 37.9 Å². The van der Waals surface area contributed by atoms with Crippen LogP contribution < -0.4 is 37.3 Å². The summed E-state index contributed by atoms with van der Waals surface area (Å²) in [5.74, 6) is 0.0552. The van der Waals surface area contributed by atoms with Gasteiger partial charge >= 0.3 is 0 Å². The molecule has 0 aromatic heterocycles. The molecule has 2 aromatic carbocycles. The summed E-state index contributed by atoms with van der Waals surface area (Å²) < 4.78 is 11.2. The fraction of sp³-hybridized carbons (Fsp3) is 0.444. The average molecular weight is 527 g/mol. The van der Waals surface area contributed by atoms with E-state index in [1.807, 2.05) is 42.5 Å². The Hall–Kier alpha value is -3.67. The normalized spacial score (nSPS) is 13.8. The third kappa shape index (κ3) is 8.72. The van der Waals surface area contributed by atoms with E-state index in [4.69, 9.17) is 26.7 Å². The van der Waals surface area contributed by atoms with Gasteiger partial charge in [0.2, 0.25) is 17.7 Å². The number of carbonyl (C=O) groups excluding carboxylic acids is 3. The number of nitrogens with zero attached hydrogens (tertiary/aromatic N) is 1. The van der Waals surface area contributed by atoms with Crippen molar-refractivity contribution in [3.63, 3.8) is 0 Å². The highest BCUT2D eigenvalue weighted by atomic mass is 16.6. The van der Waals surface area contributed by atoms with Crippen LogP contribution in [0.1, 0.15) is 24.0 Å². The molecule has 1 aliphatic heterocycles. The molecule has 0 fully saturated rings. The van der Waals surface area contributed by atoms with E-state index in [9.17, 15) is 14.4 Å². The molecule has 0 saturated carbocycles. The molecule has 1 aliphatic rings. The minimum atomic E-state index is -1.12. The number of ether oxygens (including phenoxy) is 2. The van der Waals surface area contributed by atoms with Crippen LogP contribution in [-0.2, 0) is 27.3 Å². The molecule has 11 nitrogen and oxygen atoms in total. The van der Waals surface area contributed by atoms with Gasteiger partial charge in [-0.2, -0.15) is 0 Å². The first-order valence-electron chi connectivity index (χ1n) is 12.8. The van der Waals surface area contributed by atoms with Crippen molar-refractivity contribution in [2.45, 2.75) is 37.9 Å². The van der Waals surface area contributed by atoms with Gasteiger partial charge in [-0.05, 0) is 36.1 Å². The van der Waals surface area contributed by atoms with Crippen molar-refractivity contribution in [1.82, 2.24) is 15.5 Å². The number of carbonyl (C=O) groups is 3. The van der Waals surface area contributed by atoms with Crippen molar-refractivity contribution in [2.75, 3.05) is 39.4 Å². The average Bonchev–Trinajstić information content (AvgIpc) is 2.94. The highest BCUT2D eigenvalue weighted by Crippen LogP contribution is 2.30. The van der Waals surface area contributed by atoms with E-state index in [0.717, 1.165) is 11.1 Å². The van der Waals surface area contributed by atoms with E-state index >= 15 is 0 Å². The fourth-order valence-electron chi connectivity index (χ4n) is 4.10. The zero-order valence-electron chi connectivity index (χ0n) is 21.6. The van der Waals surface area contributed by atoms with Gasteiger partial charge in [0, 0.05) is 32.7 Å². The van der Waals surface area contributed by atoms with Crippen molar-refractivity contribution in [3.8, 4) is 11.5 Å². The van der Waals surface area contributed by atoms with Crippen LogP contribution in [0.5, 0.6) is 11.5 Å². The SMILES string of the molecule is NCCN(CCN)C(=O)C[C@H](N)C(=O)N[C@@H](CCc1ccccc1)C(=O)NCc1ccc2c(c1)OCCO2. The molecular weight excluding hydrogens is 488 g/mol. The molecule has 8 N–H and O–H groups in total. The molecule has 0 radical (unpaired) electrons. The lowest BCUT2D eigenvalue weighted by Crippen LogP contribution is -2.53. The van der Waals surface area contributed by atoms with Crippen LogP contribution in [0.2, 0.25) is 0 Å². The first kappa shape index (κ1) is 28.9. The minimum Gasteiger partial charge on any atom is -0.486 e. The molecule has 38 heavy (non-hydrogen) atoms. The number of benzene rings is 2. The number of aryl methyl sites for hydroxylation is 1. The van der Waals surface area contributed by atoms with Crippen LogP contribution >= 0.6 is 0 Å². The molecule has 206 valence electrons. The standard InChI is InChI=1S/C27H38N6O5/c28-10-12-33(13-11-29)25(34)17-21(30)26(35)32-22(8-6-19-4-2-1-3-5-19)27(36)31-18-20-7-9-23-24(16-20)38-15-14-37-23/h1-5,7,9,16,21-22H,6,8,10-15,17-18,28-30H2,(H,31,36)(H,32,35)/t21-,22-/m0/s1. The highest BCUT2D eigenvalue weighted by molar-refractivity contribution is 5.92. The number of fused-ring (bicyclic) bond motifs is 1. The van der Waals surface area contributed by atoms with Gasteiger partial charge in [0.05, 0.1) is 12.5 Å². The zero-order valence-corrected chi connectivity index (χ0v) is 21.6.